The molecule has 0 amide bonds. The van der Waals surface area contributed by atoms with Crippen molar-refractivity contribution in [3.05, 3.63) is 0 Å². The molecule has 0 aromatic rings. The fourth-order valence-corrected chi connectivity index (χ4v) is 5.60. The van der Waals surface area contributed by atoms with Gasteiger partial charge in [0.25, 0.3) is 7.82 Å². The molecule has 1 heterocycles. The number of rotatable bonds is 25. The zero-order valence-corrected chi connectivity index (χ0v) is 25.0. The Hall–Kier alpha value is -0.500. The average molecular weight is 550 g/mol. The summed E-state index contributed by atoms with van der Waals surface area (Å²) in [6.45, 7) is 6.70. The lowest BCUT2D eigenvalue weighted by Crippen LogP contribution is -2.43. The molecular weight excluding hydrogens is 493 g/mol. The van der Waals surface area contributed by atoms with Gasteiger partial charge in [-0.1, -0.05) is 90.4 Å². The number of carbonyl (C=O) groups excluding carboxylic acids is 1. The van der Waals surface area contributed by atoms with E-state index in [9.17, 15) is 14.3 Å². The van der Waals surface area contributed by atoms with Gasteiger partial charge in [0.15, 0.2) is 0 Å². The first-order valence-corrected chi connectivity index (χ1v) is 16.4. The first kappa shape index (κ1) is 34.5. The molecule has 0 N–H and O–H groups in total. The van der Waals surface area contributed by atoms with Crippen LogP contribution in [0.15, 0.2) is 0 Å². The molecule has 8 nitrogen and oxygen atoms in total. The maximum Gasteiger partial charge on any atom is 0.303 e. The summed E-state index contributed by atoms with van der Waals surface area (Å²) in [5, 5.41) is 0. The molecule has 9 heteroatoms. The Labute approximate surface area is 227 Å². The minimum atomic E-state index is -4.46. The van der Waals surface area contributed by atoms with E-state index in [0.29, 0.717) is 13.2 Å². The number of phosphoric ester groups is 1. The molecule has 0 bridgehead atoms. The molecule has 0 aromatic heterocycles. The number of phosphoric acid groups is 1. The SMILES string of the molecule is CCCCCCCCCCCCCCCCOC[C@H](COP(=O)([O-])OCC[N+]1(C)CCCC1)OC(C)=O. The predicted octanol–water partition coefficient (Wildman–Crippen LogP) is 6.16. The highest BCUT2D eigenvalue weighted by atomic mass is 31.2. The van der Waals surface area contributed by atoms with Crippen molar-refractivity contribution < 1.29 is 37.3 Å². The largest absolute Gasteiger partial charge is 0.756 e. The average Bonchev–Trinajstić information content (AvgIpc) is 3.28. The van der Waals surface area contributed by atoms with Crippen LogP contribution >= 0.6 is 7.82 Å². The van der Waals surface area contributed by atoms with E-state index in [1.165, 1.54) is 84.0 Å². The lowest BCUT2D eigenvalue weighted by atomic mass is 10.0. The highest BCUT2D eigenvalue weighted by Gasteiger charge is 2.27. The van der Waals surface area contributed by atoms with E-state index in [1.807, 2.05) is 0 Å². The van der Waals surface area contributed by atoms with E-state index in [-0.39, 0.29) is 19.8 Å². The Morgan fingerprint density at radius 3 is 1.84 bits per heavy atom. The summed E-state index contributed by atoms with van der Waals surface area (Å²) >= 11 is 0. The third kappa shape index (κ3) is 20.1. The quantitative estimate of drug-likeness (QED) is 0.0583. The fraction of sp³-hybridized carbons (Fsp3) is 0.964. The molecule has 1 unspecified atom stereocenters. The van der Waals surface area contributed by atoms with E-state index >= 15 is 0 Å². The van der Waals surface area contributed by atoms with Crippen molar-refractivity contribution in [3.8, 4) is 0 Å². The summed E-state index contributed by atoms with van der Waals surface area (Å²) in [4.78, 5) is 23.5. The van der Waals surface area contributed by atoms with Crippen molar-refractivity contribution in [2.45, 2.75) is 123 Å². The number of esters is 1. The van der Waals surface area contributed by atoms with Gasteiger partial charge in [0.2, 0.25) is 0 Å². The maximum atomic E-state index is 12.1. The topological polar surface area (TPSA) is 94.1 Å². The fourth-order valence-electron chi connectivity index (χ4n) is 4.87. The zero-order chi connectivity index (χ0) is 27.2. The molecule has 1 aliphatic heterocycles. The second kappa shape index (κ2) is 21.3. The van der Waals surface area contributed by atoms with E-state index in [1.54, 1.807) is 0 Å². The number of quaternary nitrogens is 1. The summed E-state index contributed by atoms with van der Waals surface area (Å²) in [5.74, 6) is -0.498. The summed E-state index contributed by atoms with van der Waals surface area (Å²) in [7, 11) is -2.35. The summed E-state index contributed by atoms with van der Waals surface area (Å²) in [6, 6.07) is 0. The van der Waals surface area contributed by atoms with Crippen LogP contribution in [0.4, 0.5) is 0 Å². The molecule has 1 rings (SSSR count). The number of likely N-dealkylation sites (tertiary alicyclic amines) is 1. The highest BCUT2D eigenvalue weighted by molar-refractivity contribution is 7.45. The first-order chi connectivity index (χ1) is 17.8. The van der Waals surface area contributed by atoms with Crippen LogP contribution in [0.1, 0.15) is 117 Å². The molecule has 0 saturated carbocycles. The maximum absolute atomic E-state index is 12.1. The number of likely N-dealkylation sites (N-methyl/N-ethyl adjacent to an activating group) is 1. The number of carbonyl (C=O) groups is 1. The van der Waals surface area contributed by atoms with Gasteiger partial charge in [0, 0.05) is 26.4 Å². The van der Waals surface area contributed by atoms with Crippen LogP contribution in [0.2, 0.25) is 0 Å². The third-order valence-electron chi connectivity index (χ3n) is 7.22. The molecule has 1 fully saturated rings. The van der Waals surface area contributed by atoms with Crippen molar-refractivity contribution in [1.82, 2.24) is 0 Å². The van der Waals surface area contributed by atoms with Crippen LogP contribution in [0.25, 0.3) is 0 Å². The Kier molecular flexibility index (Phi) is 19.9. The van der Waals surface area contributed by atoms with Crippen LogP contribution in [0.3, 0.4) is 0 Å². The lowest BCUT2D eigenvalue weighted by molar-refractivity contribution is -0.897. The Morgan fingerprint density at radius 2 is 1.32 bits per heavy atom. The van der Waals surface area contributed by atoms with Crippen molar-refractivity contribution in [3.63, 3.8) is 0 Å². The molecule has 0 radical (unpaired) electrons. The van der Waals surface area contributed by atoms with E-state index in [2.05, 4.69) is 14.0 Å². The number of hydrogen-bond acceptors (Lipinski definition) is 7. The molecule has 2 atom stereocenters. The van der Waals surface area contributed by atoms with Crippen LogP contribution in [-0.4, -0.2) is 69.7 Å². The van der Waals surface area contributed by atoms with Crippen LogP contribution in [0.5, 0.6) is 0 Å². The monoisotopic (exact) mass is 549 g/mol. The molecule has 0 spiro atoms. The minimum absolute atomic E-state index is 0.0884. The first-order valence-electron chi connectivity index (χ1n) is 14.9. The Morgan fingerprint density at radius 1 is 0.811 bits per heavy atom. The van der Waals surface area contributed by atoms with Crippen LogP contribution < -0.4 is 4.89 Å². The van der Waals surface area contributed by atoms with E-state index in [4.69, 9.17) is 18.5 Å². The van der Waals surface area contributed by atoms with Gasteiger partial charge in [0.1, 0.15) is 19.3 Å². The van der Waals surface area contributed by atoms with Crippen molar-refractivity contribution >= 4 is 13.8 Å². The van der Waals surface area contributed by atoms with Crippen molar-refractivity contribution in [1.29, 1.82) is 0 Å². The Balaban J connectivity index is 2.04. The van der Waals surface area contributed by atoms with Gasteiger partial charge < -0.3 is 27.9 Å². The van der Waals surface area contributed by atoms with Crippen molar-refractivity contribution in [2.75, 3.05) is 53.1 Å². The normalized spacial score (nSPS) is 17.5. The van der Waals surface area contributed by atoms with Crippen LogP contribution in [-0.2, 0) is 27.9 Å². The third-order valence-corrected chi connectivity index (χ3v) is 8.19. The molecule has 1 aliphatic rings. The number of unbranched alkanes of at least 4 members (excludes halogenated alkanes) is 13. The lowest BCUT2D eigenvalue weighted by Gasteiger charge is -2.31. The second-order valence-corrected chi connectivity index (χ2v) is 12.4. The number of ether oxygens (including phenoxy) is 2. The Bertz CT molecular complexity index is 613. The van der Waals surface area contributed by atoms with Gasteiger partial charge in [-0.2, -0.15) is 0 Å². The van der Waals surface area contributed by atoms with Gasteiger partial charge >= 0.3 is 5.97 Å². The summed E-state index contributed by atoms with van der Waals surface area (Å²) in [6.07, 6.45) is 19.7. The number of nitrogens with zero attached hydrogens (tertiary/aromatic N) is 1. The number of hydrogen-bond donors (Lipinski definition) is 0. The summed E-state index contributed by atoms with van der Waals surface area (Å²) < 4.78 is 33.8. The van der Waals surface area contributed by atoms with Gasteiger partial charge in [-0.05, 0) is 6.42 Å². The van der Waals surface area contributed by atoms with Crippen molar-refractivity contribution in [2.24, 2.45) is 0 Å². The molecule has 1 saturated heterocycles. The smallest absolute Gasteiger partial charge is 0.303 e. The van der Waals surface area contributed by atoms with Gasteiger partial charge in [-0.15, -0.1) is 0 Å². The standard InChI is InChI=1S/C28H56NO7P/c1-4-5-6-7-8-9-10-11-12-13-14-15-16-19-23-33-25-28(36-27(2)30)26-35-37(31,32)34-24-22-29(3)20-17-18-21-29/h28H,4-26H2,1-3H3/t28-/m1/s1. The van der Waals surface area contributed by atoms with Gasteiger partial charge in [0.05, 0.1) is 33.4 Å². The van der Waals surface area contributed by atoms with Crippen LogP contribution in [0, 0.1) is 0 Å². The molecule has 0 aromatic carbocycles. The predicted molar refractivity (Wildman–Crippen MR) is 146 cm³/mol. The van der Waals surface area contributed by atoms with Gasteiger partial charge in [-0.3, -0.25) is 9.36 Å². The highest BCUT2D eigenvalue weighted by Crippen LogP contribution is 2.38. The summed E-state index contributed by atoms with van der Waals surface area (Å²) in [5.41, 5.74) is 0. The minimum Gasteiger partial charge on any atom is -0.756 e. The molecule has 220 valence electrons. The molecular formula is C28H56NO7P. The van der Waals surface area contributed by atoms with E-state index in [0.717, 1.165) is 43.3 Å². The molecule has 37 heavy (non-hydrogen) atoms. The molecule has 0 aliphatic carbocycles. The van der Waals surface area contributed by atoms with Gasteiger partial charge in [-0.25, -0.2) is 0 Å². The zero-order valence-electron chi connectivity index (χ0n) is 24.1. The van der Waals surface area contributed by atoms with E-state index < -0.39 is 19.9 Å². The second-order valence-electron chi connectivity index (χ2n) is 11.0.